The van der Waals surface area contributed by atoms with Crippen LogP contribution in [0.3, 0.4) is 0 Å². The highest BCUT2D eigenvalue weighted by Crippen LogP contribution is 2.24. The Labute approximate surface area is 87.1 Å². The van der Waals surface area contributed by atoms with Crippen molar-refractivity contribution in [3.8, 4) is 0 Å². The lowest BCUT2D eigenvalue weighted by atomic mass is 10.1. The van der Waals surface area contributed by atoms with Gasteiger partial charge in [0.25, 0.3) is 0 Å². The Bertz CT molecular complexity index is 522. The van der Waals surface area contributed by atoms with E-state index in [-0.39, 0.29) is 0 Å². The average molecular weight is 201 g/mol. The van der Waals surface area contributed by atoms with E-state index in [1.54, 1.807) is 6.20 Å². The van der Waals surface area contributed by atoms with Gasteiger partial charge in [0.2, 0.25) is 0 Å². The molecule has 0 unspecified atom stereocenters. The predicted molar refractivity (Wildman–Crippen MR) is 59.7 cm³/mol. The highest BCUT2D eigenvalue weighted by atomic mass is 16.2. The highest BCUT2D eigenvalue weighted by molar-refractivity contribution is 6.01. The van der Waals surface area contributed by atoms with Crippen LogP contribution in [-0.4, -0.2) is 11.0 Å². The zero-order valence-electron chi connectivity index (χ0n) is 8.32. The summed E-state index contributed by atoms with van der Waals surface area (Å²) < 4.78 is 0. The Morgan fingerprint density at radius 3 is 2.87 bits per heavy atom. The normalized spacial score (nSPS) is 10.2. The molecule has 2 aromatic rings. The molecule has 0 atom stereocenters. The van der Waals surface area contributed by atoms with Gasteiger partial charge < -0.3 is 11.1 Å². The van der Waals surface area contributed by atoms with Gasteiger partial charge in [-0.25, -0.2) is 4.79 Å². The Morgan fingerprint density at radius 1 is 1.33 bits per heavy atom. The van der Waals surface area contributed by atoms with Crippen LogP contribution in [0.15, 0.2) is 30.5 Å². The minimum absolute atomic E-state index is 0.558. The topological polar surface area (TPSA) is 68.0 Å². The summed E-state index contributed by atoms with van der Waals surface area (Å²) in [6, 6.07) is 6.93. The van der Waals surface area contributed by atoms with Crippen molar-refractivity contribution in [1.82, 2.24) is 4.98 Å². The number of urea groups is 1. The third-order valence-electron chi connectivity index (χ3n) is 2.26. The molecule has 1 aromatic heterocycles. The second-order valence-corrected chi connectivity index (χ2v) is 3.29. The number of nitrogens with one attached hydrogen (secondary N) is 1. The van der Waals surface area contributed by atoms with Crippen LogP contribution in [0.5, 0.6) is 0 Å². The number of anilines is 1. The lowest BCUT2D eigenvalue weighted by Gasteiger charge is -2.07. The summed E-state index contributed by atoms with van der Waals surface area (Å²) in [7, 11) is 0. The van der Waals surface area contributed by atoms with Crippen LogP contribution >= 0.6 is 0 Å². The summed E-state index contributed by atoms with van der Waals surface area (Å²) in [4.78, 5) is 15.0. The van der Waals surface area contributed by atoms with Crippen LogP contribution in [0.2, 0.25) is 0 Å². The van der Waals surface area contributed by atoms with Gasteiger partial charge in [-0.05, 0) is 19.1 Å². The van der Waals surface area contributed by atoms with Crippen molar-refractivity contribution in [2.75, 3.05) is 5.32 Å². The predicted octanol–water partition coefficient (Wildman–Crippen LogP) is 2.03. The molecule has 2 rings (SSSR count). The molecule has 2 amide bonds. The Kier molecular flexibility index (Phi) is 2.25. The number of amides is 2. The molecule has 0 fully saturated rings. The van der Waals surface area contributed by atoms with E-state index in [0.29, 0.717) is 5.69 Å². The van der Waals surface area contributed by atoms with Crippen molar-refractivity contribution in [3.05, 3.63) is 36.2 Å². The second kappa shape index (κ2) is 3.57. The molecule has 4 heteroatoms. The number of nitrogens with zero attached hydrogens (tertiary/aromatic N) is 1. The van der Waals surface area contributed by atoms with E-state index in [1.807, 2.05) is 31.2 Å². The van der Waals surface area contributed by atoms with Crippen molar-refractivity contribution in [3.63, 3.8) is 0 Å². The monoisotopic (exact) mass is 201 g/mol. The maximum Gasteiger partial charge on any atom is 0.316 e. The van der Waals surface area contributed by atoms with Crippen LogP contribution in [0.1, 0.15) is 5.69 Å². The van der Waals surface area contributed by atoms with Gasteiger partial charge in [-0.3, -0.25) is 4.98 Å². The van der Waals surface area contributed by atoms with Crippen molar-refractivity contribution < 1.29 is 4.79 Å². The molecule has 4 nitrogen and oxygen atoms in total. The summed E-state index contributed by atoms with van der Waals surface area (Å²) in [5.74, 6) is 0. The zero-order valence-corrected chi connectivity index (χ0v) is 8.32. The molecular weight excluding hydrogens is 190 g/mol. The molecule has 0 spiro atoms. The summed E-state index contributed by atoms with van der Waals surface area (Å²) in [6.45, 7) is 1.93. The van der Waals surface area contributed by atoms with Crippen molar-refractivity contribution in [2.24, 2.45) is 5.73 Å². The van der Waals surface area contributed by atoms with Crippen LogP contribution in [-0.2, 0) is 0 Å². The standard InChI is InChI=1S/C11H11N3O/c1-7-8-3-2-4-10(14-11(12)15)9(8)5-6-13-7/h2-6H,1H3,(H3,12,14,15). The lowest BCUT2D eigenvalue weighted by molar-refractivity contribution is 0.259. The molecule has 15 heavy (non-hydrogen) atoms. The zero-order chi connectivity index (χ0) is 10.8. The van der Waals surface area contributed by atoms with E-state index in [1.165, 1.54) is 0 Å². The number of carbonyl (C=O) groups excluding carboxylic acids is 1. The van der Waals surface area contributed by atoms with Gasteiger partial charge in [-0.1, -0.05) is 12.1 Å². The molecule has 76 valence electrons. The van der Waals surface area contributed by atoms with E-state index >= 15 is 0 Å². The maximum atomic E-state index is 10.8. The number of rotatable bonds is 1. The van der Waals surface area contributed by atoms with Gasteiger partial charge in [-0.15, -0.1) is 0 Å². The molecule has 1 aromatic carbocycles. The second-order valence-electron chi connectivity index (χ2n) is 3.29. The smallest absolute Gasteiger partial charge is 0.316 e. The molecule has 1 heterocycles. The number of aryl methyl sites for hydroxylation is 1. The number of primary amides is 1. The van der Waals surface area contributed by atoms with Crippen LogP contribution < -0.4 is 11.1 Å². The average Bonchev–Trinajstić information content (AvgIpc) is 2.19. The molecule has 0 aliphatic heterocycles. The molecule has 0 saturated heterocycles. The van der Waals surface area contributed by atoms with Crippen LogP contribution in [0, 0.1) is 6.92 Å². The highest BCUT2D eigenvalue weighted by Gasteiger charge is 2.03. The van der Waals surface area contributed by atoms with E-state index in [2.05, 4.69) is 10.3 Å². The van der Waals surface area contributed by atoms with Gasteiger partial charge in [0, 0.05) is 22.7 Å². The summed E-state index contributed by atoms with van der Waals surface area (Å²) in [5, 5.41) is 4.55. The molecule has 3 N–H and O–H groups in total. The Hall–Kier alpha value is -2.10. The third-order valence-corrected chi connectivity index (χ3v) is 2.26. The number of pyridine rings is 1. The Morgan fingerprint density at radius 2 is 2.13 bits per heavy atom. The Balaban J connectivity index is 2.65. The molecular formula is C11H11N3O. The lowest BCUT2D eigenvalue weighted by Crippen LogP contribution is -2.19. The minimum atomic E-state index is -0.558. The summed E-state index contributed by atoms with van der Waals surface area (Å²) in [6.07, 6.45) is 1.71. The number of carbonyl (C=O) groups is 1. The quantitative estimate of drug-likeness (QED) is 0.741. The van der Waals surface area contributed by atoms with E-state index in [9.17, 15) is 4.79 Å². The number of hydrogen-bond acceptors (Lipinski definition) is 2. The number of hydrogen-bond donors (Lipinski definition) is 2. The fraction of sp³-hybridized carbons (Fsp3) is 0.0909. The van der Waals surface area contributed by atoms with Crippen molar-refractivity contribution in [2.45, 2.75) is 6.92 Å². The number of nitrogens with two attached hydrogens (primary N) is 1. The maximum absolute atomic E-state index is 10.8. The molecule has 0 radical (unpaired) electrons. The van der Waals surface area contributed by atoms with Gasteiger partial charge in [0.1, 0.15) is 0 Å². The summed E-state index contributed by atoms with van der Waals surface area (Å²) >= 11 is 0. The van der Waals surface area contributed by atoms with E-state index in [4.69, 9.17) is 5.73 Å². The van der Waals surface area contributed by atoms with E-state index < -0.39 is 6.03 Å². The van der Waals surface area contributed by atoms with Crippen LogP contribution in [0.4, 0.5) is 10.5 Å². The molecule has 0 bridgehead atoms. The number of fused-ring (bicyclic) bond motifs is 1. The fourth-order valence-corrected chi connectivity index (χ4v) is 1.60. The fourth-order valence-electron chi connectivity index (χ4n) is 1.60. The van der Waals surface area contributed by atoms with Crippen molar-refractivity contribution >= 4 is 22.5 Å². The number of benzene rings is 1. The first-order valence-electron chi connectivity index (χ1n) is 4.59. The molecule has 0 aliphatic carbocycles. The van der Waals surface area contributed by atoms with Gasteiger partial charge in [0.05, 0.1) is 5.69 Å². The van der Waals surface area contributed by atoms with Gasteiger partial charge in [0.15, 0.2) is 0 Å². The van der Waals surface area contributed by atoms with Gasteiger partial charge in [-0.2, -0.15) is 0 Å². The SMILES string of the molecule is Cc1nccc2c(NC(N)=O)cccc12. The molecule has 0 saturated carbocycles. The van der Waals surface area contributed by atoms with E-state index in [0.717, 1.165) is 16.5 Å². The van der Waals surface area contributed by atoms with Crippen LogP contribution in [0.25, 0.3) is 10.8 Å². The number of aromatic nitrogens is 1. The van der Waals surface area contributed by atoms with Gasteiger partial charge >= 0.3 is 6.03 Å². The first-order chi connectivity index (χ1) is 7.18. The first kappa shape index (κ1) is 9.45. The van der Waals surface area contributed by atoms with Crippen molar-refractivity contribution in [1.29, 1.82) is 0 Å². The molecule has 0 aliphatic rings. The minimum Gasteiger partial charge on any atom is -0.351 e. The largest absolute Gasteiger partial charge is 0.351 e. The third kappa shape index (κ3) is 1.74. The summed E-state index contributed by atoms with van der Waals surface area (Å²) in [5.41, 5.74) is 6.73. The first-order valence-corrected chi connectivity index (χ1v) is 4.59.